The Balaban J connectivity index is 3.94. The van der Waals surface area contributed by atoms with Crippen LogP contribution in [0.3, 0.4) is 0 Å². The van der Waals surface area contributed by atoms with Gasteiger partial charge < -0.3 is 14.3 Å². The first-order valence-corrected chi connectivity index (χ1v) is 4.38. The maximum absolute atomic E-state index is 10.3. The maximum atomic E-state index is 10.3. The van der Waals surface area contributed by atoms with Gasteiger partial charge in [0.1, 0.15) is 6.61 Å². The van der Waals surface area contributed by atoms with Crippen LogP contribution >= 0.6 is 0 Å². The highest BCUT2D eigenvalue weighted by atomic mass is 32.2. The first-order chi connectivity index (χ1) is 5.72. The van der Waals surface area contributed by atoms with Crippen molar-refractivity contribution in [3.63, 3.8) is 0 Å². The molecule has 0 fully saturated rings. The van der Waals surface area contributed by atoms with Gasteiger partial charge in [0.2, 0.25) is 0 Å². The molecule has 1 unspecified atom stereocenters. The fourth-order valence-corrected chi connectivity index (χ4v) is 0.517. The second-order valence-electron chi connectivity index (χ2n) is 1.50. The average molecular weight is 196 g/mol. The second-order valence-corrected chi connectivity index (χ2v) is 2.32. The molecule has 0 aliphatic heterocycles. The molecule has 0 aromatic heterocycles. The summed E-state index contributed by atoms with van der Waals surface area (Å²) in [6.45, 7) is 3.79. The summed E-state index contributed by atoms with van der Waals surface area (Å²) in [6, 6.07) is 0. The summed E-state index contributed by atoms with van der Waals surface area (Å²) < 4.78 is 20.6. The Morgan fingerprint density at radius 1 is 1.50 bits per heavy atom. The van der Waals surface area contributed by atoms with Crippen LogP contribution < -0.4 is 0 Å². The van der Waals surface area contributed by atoms with E-state index >= 15 is 0 Å². The molecule has 0 bridgehead atoms. The smallest absolute Gasteiger partial charge is 0.341 e. The molecule has 0 rings (SSSR count). The summed E-state index contributed by atoms with van der Waals surface area (Å²) >= 11 is -2.58. The lowest BCUT2D eigenvalue weighted by molar-refractivity contribution is -0.216. The van der Waals surface area contributed by atoms with E-state index in [9.17, 15) is 8.76 Å². The van der Waals surface area contributed by atoms with Crippen LogP contribution in [0.5, 0.6) is 0 Å². The first-order valence-electron chi connectivity index (χ1n) is 3.31. The highest BCUT2D eigenvalue weighted by Gasteiger charge is 2.02. The monoisotopic (exact) mass is 196 g/mol. The Morgan fingerprint density at radius 3 is 2.58 bits per heavy atom. The Kier molecular flexibility index (Phi) is 6.63. The van der Waals surface area contributed by atoms with E-state index in [1.807, 2.05) is 0 Å². The molecule has 12 heavy (non-hydrogen) atoms. The molecule has 0 saturated heterocycles. The van der Waals surface area contributed by atoms with E-state index in [1.165, 1.54) is 0 Å². The zero-order valence-electron chi connectivity index (χ0n) is 6.81. The van der Waals surface area contributed by atoms with E-state index in [0.29, 0.717) is 0 Å². The largest absolute Gasteiger partial charge is 0.765 e. The third-order valence-electron chi connectivity index (χ3n) is 0.659. The molecule has 0 aromatic rings. The summed E-state index contributed by atoms with van der Waals surface area (Å²) in [6.07, 6.45) is 0. The van der Waals surface area contributed by atoms with Gasteiger partial charge in [-0.25, -0.2) is 0 Å². The van der Waals surface area contributed by atoms with Gasteiger partial charge in [0.05, 0.1) is 6.61 Å². The molecule has 0 radical (unpaired) electrons. The molecular formula is C5H10NO5S-. The molecule has 0 amide bonds. The van der Waals surface area contributed by atoms with E-state index in [-0.39, 0.29) is 13.2 Å². The molecule has 6 nitrogen and oxygen atoms in total. The molecule has 7 heteroatoms. The minimum Gasteiger partial charge on any atom is -0.765 e. The predicted octanol–water partition coefficient (Wildman–Crippen LogP) is 0.141. The van der Waals surface area contributed by atoms with E-state index in [4.69, 9.17) is 0 Å². The van der Waals surface area contributed by atoms with Gasteiger partial charge in [0.15, 0.2) is 0 Å². The summed E-state index contributed by atoms with van der Waals surface area (Å²) in [5, 5.41) is 2.52. The summed E-state index contributed by atoms with van der Waals surface area (Å²) in [7, 11) is 0. The normalized spacial score (nSPS) is 14.1. The molecule has 0 heterocycles. The Hall–Kier alpha value is -0.660. The fraction of sp³-hybridized carbons (Fsp3) is 0.800. The molecule has 1 atom stereocenters. The van der Waals surface area contributed by atoms with Crippen LogP contribution in [0.2, 0.25) is 0 Å². The van der Waals surface area contributed by atoms with Crippen molar-refractivity contribution in [2.75, 3.05) is 13.2 Å². The van der Waals surface area contributed by atoms with E-state index in [1.54, 1.807) is 13.8 Å². The molecule has 72 valence electrons. The van der Waals surface area contributed by atoms with Crippen molar-refractivity contribution in [2.24, 2.45) is 5.16 Å². The molecule has 0 N–H and O–H groups in total. The summed E-state index contributed by atoms with van der Waals surface area (Å²) in [5.41, 5.74) is 0. The lowest BCUT2D eigenvalue weighted by atomic mass is 10.9. The maximum Gasteiger partial charge on any atom is 0.341 e. The molecular weight excluding hydrogens is 186 g/mol. The van der Waals surface area contributed by atoms with Crippen molar-refractivity contribution in [2.45, 2.75) is 13.8 Å². The topological polar surface area (TPSA) is 80.2 Å². The molecule has 0 aromatic carbocycles. The van der Waals surface area contributed by atoms with Gasteiger partial charge in [-0.15, -0.1) is 0 Å². The zero-order chi connectivity index (χ0) is 9.40. The Bertz CT molecular complexity index is 171. The second kappa shape index (κ2) is 7.01. The van der Waals surface area contributed by atoms with Gasteiger partial charge in [-0.05, 0) is 19.0 Å². The lowest BCUT2D eigenvalue weighted by Gasteiger charge is -2.07. The summed E-state index contributed by atoms with van der Waals surface area (Å²) in [4.78, 5) is 13.1. The lowest BCUT2D eigenvalue weighted by Crippen LogP contribution is -2.12. The third-order valence-corrected chi connectivity index (χ3v) is 1.09. The summed E-state index contributed by atoms with van der Waals surface area (Å²) in [5.74, 6) is 0. The predicted molar refractivity (Wildman–Crippen MR) is 40.7 cm³/mol. The molecule has 0 spiro atoms. The van der Waals surface area contributed by atoms with Gasteiger partial charge in [0, 0.05) is 11.1 Å². The minimum atomic E-state index is -2.58. The minimum absolute atomic E-state index is 0.225. The van der Waals surface area contributed by atoms with Crippen LogP contribution in [0.4, 0.5) is 0 Å². The van der Waals surface area contributed by atoms with Crippen LogP contribution in [-0.2, 0) is 25.7 Å². The van der Waals surface area contributed by atoms with Crippen molar-refractivity contribution in [1.82, 2.24) is 0 Å². The van der Waals surface area contributed by atoms with Gasteiger partial charge >= 0.3 is 5.23 Å². The van der Waals surface area contributed by atoms with Crippen LogP contribution in [0, 0.1) is 0 Å². The number of hydrogen-bond acceptors (Lipinski definition) is 6. The van der Waals surface area contributed by atoms with Crippen molar-refractivity contribution >= 4 is 16.3 Å². The first kappa shape index (κ1) is 11.3. The third kappa shape index (κ3) is 5.05. The Labute approximate surface area is 72.7 Å². The van der Waals surface area contributed by atoms with Crippen molar-refractivity contribution in [3.05, 3.63) is 0 Å². The SMILES string of the molecule is CCO/N=C(\OOCC)S(=O)[O-]. The van der Waals surface area contributed by atoms with Gasteiger partial charge in [-0.3, -0.25) is 4.21 Å². The molecule has 0 aliphatic carbocycles. The van der Waals surface area contributed by atoms with Gasteiger partial charge in [0.25, 0.3) is 0 Å². The zero-order valence-corrected chi connectivity index (χ0v) is 7.63. The fourth-order valence-electron chi connectivity index (χ4n) is 0.300. The quantitative estimate of drug-likeness (QED) is 0.210. The van der Waals surface area contributed by atoms with Crippen LogP contribution in [0.25, 0.3) is 0 Å². The Morgan fingerprint density at radius 2 is 2.17 bits per heavy atom. The van der Waals surface area contributed by atoms with E-state index in [0.717, 1.165) is 0 Å². The number of hydrogen-bond donors (Lipinski definition) is 0. The standard InChI is InChI=1S/C5H11NO5S/c1-3-9-6-5(12(7)8)11-10-4-2/h3-4H2,1-2H3,(H,7,8)/p-1/b6-5+. The van der Waals surface area contributed by atoms with Crippen molar-refractivity contribution in [3.8, 4) is 0 Å². The van der Waals surface area contributed by atoms with E-state index < -0.39 is 16.3 Å². The number of oxime groups is 1. The van der Waals surface area contributed by atoms with Crippen LogP contribution in [0.1, 0.15) is 13.8 Å². The highest BCUT2D eigenvalue weighted by Crippen LogP contribution is 1.90. The molecule has 0 aliphatic rings. The van der Waals surface area contributed by atoms with Crippen molar-refractivity contribution < 1.29 is 23.4 Å². The van der Waals surface area contributed by atoms with Gasteiger partial charge in [-0.1, -0.05) is 0 Å². The number of rotatable bonds is 4. The average Bonchev–Trinajstić information content (AvgIpc) is 2.04. The van der Waals surface area contributed by atoms with Crippen LogP contribution in [-0.4, -0.2) is 27.2 Å². The highest BCUT2D eigenvalue weighted by molar-refractivity contribution is 7.95. The van der Waals surface area contributed by atoms with Gasteiger partial charge in [-0.2, -0.15) is 4.89 Å². The van der Waals surface area contributed by atoms with Crippen molar-refractivity contribution in [1.29, 1.82) is 0 Å². The van der Waals surface area contributed by atoms with E-state index in [2.05, 4.69) is 19.8 Å². The number of nitrogens with zero attached hydrogens (tertiary/aromatic N) is 1. The molecule has 0 saturated carbocycles. The van der Waals surface area contributed by atoms with Crippen LogP contribution in [0.15, 0.2) is 5.16 Å².